The van der Waals surface area contributed by atoms with Gasteiger partial charge in [-0.2, -0.15) is 0 Å². The summed E-state index contributed by atoms with van der Waals surface area (Å²) in [6.45, 7) is 7.45. The Bertz CT molecular complexity index is 572. The molecule has 3 amide bonds. The van der Waals surface area contributed by atoms with E-state index >= 15 is 0 Å². The number of hydrogen-bond acceptors (Lipinski definition) is 3. The Labute approximate surface area is 131 Å². The number of carbonyl (C=O) groups is 3. The smallest absolute Gasteiger partial charge is 0.235 e. The fraction of sp³-hybridized carbons (Fsp3) is 0.588. The first-order chi connectivity index (χ1) is 10.2. The number of imide groups is 1. The van der Waals surface area contributed by atoms with E-state index in [0.717, 1.165) is 12.0 Å². The number of fused-ring (bicyclic) bond motifs is 1. The molecular weight excluding hydrogens is 280 g/mol. The van der Waals surface area contributed by atoms with Crippen molar-refractivity contribution >= 4 is 17.7 Å². The molecule has 5 heteroatoms. The van der Waals surface area contributed by atoms with Crippen LogP contribution in [-0.2, 0) is 14.4 Å². The number of nitrogens with zero attached hydrogens (tertiary/aromatic N) is 1. The molecule has 120 valence electrons. The van der Waals surface area contributed by atoms with Crippen LogP contribution in [0, 0.1) is 17.8 Å². The molecule has 0 radical (unpaired) electrons. The average Bonchev–Trinajstić information content (AvgIpc) is 2.62. The van der Waals surface area contributed by atoms with Crippen LogP contribution in [0.5, 0.6) is 0 Å². The summed E-state index contributed by atoms with van der Waals surface area (Å²) in [4.78, 5) is 37.6. The molecule has 1 fully saturated rings. The molecule has 1 aliphatic carbocycles. The van der Waals surface area contributed by atoms with Crippen LogP contribution in [0.15, 0.2) is 23.3 Å². The molecule has 0 aromatic carbocycles. The van der Waals surface area contributed by atoms with Crippen molar-refractivity contribution in [1.82, 2.24) is 10.2 Å². The standard InChI is InChI=1S/C17H24N2O3/c1-9(2)6-7-12-10(3)8-13(18-11(4)20)15-14(12)16(21)19(5)17(15)22/h6,8,12-15H,7H2,1-5H3,(H,18,20)/t12-,13+,14-,15+/m1/s1. The van der Waals surface area contributed by atoms with Crippen LogP contribution >= 0.6 is 0 Å². The molecule has 1 aliphatic heterocycles. The highest BCUT2D eigenvalue weighted by Gasteiger charge is 2.54. The summed E-state index contributed by atoms with van der Waals surface area (Å²) in [5.74, 6) is -1.36. The number of amides is 3. The molecule has 0 aromatic rings. The lowest BCUT2D eigenvalue weighted by Crippen LogP contribution is -2.47. The summed E-state index contributed by atoms with van der Waals surface area (Å²) in [7, 11) is 1.53. The molecule has 0 spiro atoms. The molecular formula is C17H24N2O3. The lowest BCUT2D eigenvalue weighted by Gasteiger charge is -2.35. The van der Waals surface area contributed by atoms with Crippen LogP contribution in [0.2, 0.25) is 0 Å². The summed E-state index contributed by atoms with van der Waals surface area (Å²) < 4.78 is 0. The molecule has 22 heavy (non-hydrogen) atoms. The third-order valence-electron chi connectivity index (χ3n) is 4.62. The fourth-order valence-electron chi connectivity index (χ4n) is 3.52. The van der Waals surface area contributed by atoms with Gasteiger partial charge in [0.25, 0.3) is 0 Å². The minimum Gasteiger partial charge on any atom is -0.349 e. The highest BCUT2D eigenvalue weighted by molar-refractivity contribution is 6.06. The normalized spacial score (nSPS) is 30.8. The molecule has 1 saturated heterocycles. The van der Waals surface area contributed by atoms with E-state index in [2.05, 4.69) is 11.4 Å². The Morgan fingerprint density at radius 2 is 1.82 bits per heavy atom. The van der Waals surface area contributed by atoms with Crippen LogP contribution < -0.4 is 5.32 Å². The maximum Gasteiger partial charge on any atom is 0.235 e. The second-order valence-electron chi connectivity index (χ2n) is 6.55. The van der Waals surface area contributed by atoms with Crippen molar-refractivity contribution < 1.29 is 14.4 Å². The lowest BCUT2D eigenvalue weighted by atomic mass is 9.70. The van der Waals surface area contributed by atoms with Crippen LogP contribution in [0.4, 0.5) is 0 Å². The molecule has 5 nitrogen and oxygen atoms in total. The summed E-state index contributed by atoms with van der Waals surface area (Å²) in [5, 5.41) is 2.81. The minimum atomic E-state index is -0.485. The summed E-state index contributed by atoms with van der Waals surface area (Å²) >= 11 is 0. The van der Waals surface area contributed by atoms with Gasteiger partial charge in [0, 0.05) is 14.0 Å². The van der Waals surface area contributed by atoms with E-state index in [1.165, 1.54) is 24.4 Å². The minimum absolute atomic E-state index is 0.0197. The van der Waals surface area contributed by atoms with Gasteiger partial charge in [-0.3, -0.25) is 19.3 Å². The maximum atomic E-state index is 12.5. The third kappa shape index (κ3) is 2.85. The first kappa shape index (κ1) is 16.5. The van der Waals surface area contributed by atoms with Gasteiger partial charge in [-0.25, -0.2) is 0 Å². The first-order valence-corrected chi connectivity index (χ1v) is 7.64. The quantitative estimate of drug-likeness (QED) is 0.637. The number of carbonyl (C=O) groups excluding carboxylic acids is 3. The number of nitrogens with one attached hydrogen (secondary N) is 1. The summed E-state index contributed by atoms with van der Waals surface area (Å²) in [6, 6.07) is -0.396. The van der Waals surface area contributed by atoms with Crippen molar-refractivity contribution in [2.45, 2.75) is 40.2 Å². The molecule has 2 aliphatic rings. The highest BCUT2D eigenvalue weighted by Crippen LogP contribution is 2.43. The summed E-state index contributed by atoms with van der Waals surface area (Å²) in [6.07, 6.45) is 4.79. The van der Waals surface area contributed by atoms with Crippen molar-refractivity contribution in [1.29, 1.82) is 0 Å². The number of likely N-dealkylation sites (tertiary alicyclic amines) is 1. The van der Waals surface area contributed by atoms with Gasteiger partial charge >= 0.3 is 0 Å². The van der Waals surface area contributed by atoms with Gasteiger partial charge in [-0.1, -0.05) is 23.3 Å². The van der Waals surface area contributed by atoms with Crippen molar-refractivity contribution in [3.8, 4) is 0 Å². The molecule has 0 bridgehead atoms. The van der Waals surface area contributed by atoms with E-state index in [4.69, 9.17) is 0 Å². The number of rotatable bonds is 3. The summed E-state index contributed by atoms with van der Waals surface area (Å²) in [5.41, 5.74) is 2.26. The molecule has 0 unspecified atom stereocenters. The third-order valence-corrected chi connectivity index (χ3v) is 4.62. The average molecular weight is 304 g/mol. The van der Waals surface area contributed by atoms with Gasteiger partial charge in [-0.15, -0.1) is 0 Å². The van der Waals surface area contributed by atoms with Gasteiger partial charge in [-0.05, 0) is 33.1 Å². The van der Waals surface area contributed by atoms with Crippen LogP contribution in [-0.4, -0.2) is 35.7 Å². The second-order valence-corrected chi connectivity index (χ2v) is 6.55. The van der Waals surface area contributed by atoms with Crippen molar-refractivity contribution in [2.24, 2.45) is 17.8 Å². The zero-order chi connectivity index (χ0) is 16.6. The molecule has 1 heterocycles. The van der Waals surface area contributed by atoms with Crippen LogP contribution in [0.3, 0.4) is 0 Å². The Morgan fingerprint density at radius 3 is 2.36 bits per heavy atom. The van der Waals surface area contributed by atoms with E-state index in [-0.39, 0.29) is 29.6 Å². The Hall–Kier alpha value is -1.91. The zero-order valence-corrected chi connectivity index (χ0v) is 13.8. The van der Waals surface area contributed by atoms with Gasteiger partial charge in [0.05, 0.1) is 17.9 Å². The van der Waals surface area contributed by atoms with Gasteiger partial charge in [0.1, 0.15) is 0 Å². The van der Waals surface area contributed by atoms with Gasteiger partial charge < -0.3 is 5.32 Å². The first-order valence-electron chi connectivity index (χ1n) is 7.64. The predicted molar refractivity (Wildman–Crippen MR) is 83.7 cm³/mol. The van der Waals surface area contributed by atoms with Crippen LogP contribution in [0.25, 0.3) is 0 Å². The molecule has 1 N–H and O–H groups in total. The SMILES string of the molecule is CC(=O)N[C@H]1C=C(C)[C@@H](CC=C(C)C)[C@H]2C(=O)N(C)C(=O)[C@H]21. The monoisotopic (exact) mass is 304 g/mol. The van der Waals surface area contributed by atoms with E-state index < -0.39 is 12.0 Å². The Kier molecular flexibility index (Phi) is 4.54. The molecule has 4 atom stereocenters. The lowest BCUT2D eigenvalue weighted by molar-refractivity contribution is -0.138. The number of hydrogen-bond donors (Lipinski definition) is 1. The highest BCUT2D eigenvalue weighted by atomic mass is 16.2. The Balaban J connectivity index is 2.41. The van der Waals surface area contributed by atoms with E-state index in [0.29, 0.717) is 0 Å². The maximum absolute atomic E-state index is 12.5. The van der Waals surface area contributed by atoms with E-state index in [9.17, 15) is 14.4 Å². The van der Waals surface area contributed by atoms with Crippen molar-refractivity contribution in [3.63, 3.8) is 0 Å². The molecule has 2 rings (SSSR count). The second kappa shape index (κ2) is 6.07. The largest absolute Gasteiger partial charge is 0.349 e. The number of allylic oxidation sites excluding steroid dienone is 3. The van der Waals surface area contributed by atoms with E-state index in [1.54, 1.807) is 0 Å². The fourth-order valence-corrected chi connectivity index (χ4v) is 3.52. The van der Waals surface area contributed by atoms with Crippen molar-refractivity contribution in [3.05, 3.63) is 23.3 Å². The Morgan fingerprint density at radius 1 is 1.23 bits per heavy atom. The van der Waals surface area contributed by atoms with Gasteiger partial charge in [0.15, 0.2) is 0 Å². The topological polar surface area (TPSA) is 66.5 Å². The zero-order valence-electron chi connectivity index (χ0n) is 13.8. The van der Waals surface area contributed by atoms with Crippen LogP contribution in [0.1, 0.15) is 34.1 Å². The van der Waals surface area contributed by atoms with Gasteiger partial charge in [0.2, 0.25) is 17.7 Å². The van der Waals surface area contributed by atoms with Crippen molar-refractivity contribution in [2.75, 3.05) is 7.05 Å². The predicted octanol–water partition coefficient (Wildman–Crippen LogP) is 1.65. The van der Waals surface area contributed by atoms with E-state index in [1.807, 2.05) is 26.8 Å². The molecule has 0 aromatic heterocycles. The molecule has 0 saturated carbocycles.